The number of para-hydroxylation sites is 1. The highest BCUT2D eigenvalue weighted by molar-refractivity contribution is 5.96. The summed E-state index contributed by atoms with van der Waals surface area (Å²) in [4.78, 5) is 29.1. The predicted molar refractivity (Wildman–Crippen MR) is 108 cm³/mol. The lowest BCUT2D eigenvalue weighted by Gasteiger charge is -2.35. The van der Waals surface area contributed by atoms with Crippen LogP contribution < -0.4 is 4.74 Å². The van der Waals surface area contributed by atoms with Gasteiger partial charge in [-0.3, -0.25) is 9.59 Å². The van der Waals surface area contributed by atoms with Gasteiger partial charge >= 0.3 is 0 Å². The van der Waals surface area contributed by atoms with Gasteiger partial charge in [-0.15, -0.1) is 0 Å². The van der Waals surface area contributed by atoms with Crippen molar-refractivity contribution in [2.45, 2.75) is 6.61 Å². The normalized spacial score (nSPS) is 13.9. The zero-order valence-corrected chi connectivity index (χ0v) is 16.0. The smallest absolute Gasteiger partial charge is 0.257 e. The minimum absolute atomic E-state index is 0.0346. The lowest BCUT2D eigenvalue weighted by atomic mass is 10.1. The Kier molecular flexibility index (Phi) is 5.61. The van der Waals surface area contributed by atoms with Crippen molar-refractivity contribution < 1.29 is 18.7 Å². The topological polar surface area (TPSA) is 63.0 Å². The van der Waals surface area contributed by atoms with Crippen LogP contribution >= 0.6 is 0 Å². The molecule has 1 fully saturated rings. The maximum absolute atomic E-state index is 13.1. The molecule has 6 heteroatoms. The molecule has 1 aromatic heterocycles. The zero-order chi connectivity index (χ0) is 20.1. The van der Waals surface area contributed by atoms with E-state index in [1.54, 1.807) is 15.9 Å². The van der Waals surface area contributed by atoms with Crippen LogP contribution in [0, 0.1) is 0 Å². The number of carbonyl (C=O) groups is 2. The van der Waals surface area contributed by atoms with Crippen LogP contribution in [0.15, 0.2) is 77.6 Å². The van der Waals surface area contributed by atoms with Gasteiger partial charge < -0.3 is 19.0 Å². The number of ether oxygens (including phenoxy) is 1. The van der Waals surface area contributed by atoms with E-state index >= 15 is 0 Å². The van der Waals surface area contributed by atoms with Crippen molar-refractivity contribution in [1.82, 2.24) is 9.80 Å². The molecule has 1 aliphatic rings. The Morgan fingerprint density at radius 3 is 2.17 bits per heavy atom. The SMILES string of the molecule is O=C(c1ccoc1)N1CCN(C(=O)c2ccccc2COc2ccccc2)CC1. The van der Waals surface area contributed by atoms with Gasteiger partial charge in [-0.25, -0.2) is 0 Å². The molecule has 3 aromatic rings. The molecular weight excluding hydrogens is 368 g/mol. The van der Waals surface area contributed by atoms with Gasteiger partial charge in [0.1, 0.15) is 18.6 Å². The lowest BCUT2D eigenvalue weighted by molar-refractivity contribution is 0.0533. The van der Waals surface area contributed by atoms with E-state index in [4.69, 9.17) is 9.15 Å². The summed E-state index contributed by atoms with van der Waals surface area (Å²) >= 11 is 0. The number of benzene rings is 2. The number of amides is 2. The molecule has 2 amide bonds. The highest BCUT2D eigenvalue weighted by atomic mass is 16.5. The standard InChI is InChI=1S/C23H22N2O4/c26-22(19-10-15-28-16-19)24-11-13-25(14-12-24)23(27)21-9-5-4-6-18(21)17-29-20-7-2-1-3-8-20/h1-10,15-16H,11-14,17H2. The first-order chi connectivity index (χ1) is 14.2. The van der Waals surface area contributed by atoms with Crippen LogP contribution in [0.25, 0.3) is 0 Å². The van der Waals surface area contributed by atoms with E-state index in [0.717, 1.165) is 11.3 Å². The second kappa shape index (κ2) is 8.65. The second-order valence-corrected chi connectivity index (χ2v) is 6.86. The molecule has 0 saturated carbocycles. The molecule has 0 aliphatic carbocycles. The monoisotopic (exact) mass is 390 g/mol. The summed E-state index contributed by atoms with van der Waals surface area (Å²) in [5, 5.41) is 0. The van der Waals surface area contributed by atoms with Crippen molar-refractivity contribution in [3.63, 3.8) is 0 Å². The van der Waals surface area contributed by atoms with Gasteiger partial charge in [0, 0.05) is 37.3 Å². The molecule has 2 aromatic carbocycles. The Hall–Kier alpha value is -3.54. The average molecular weight is 390 g/mol. The van der Waals surface area contributed by atoms with Crippen molar-refractivity contribution >= 4 is 11.8 Å². The number of furan rings is 1. The van der Waals surface area contributed by atoms with Gasteiger partial charge in [-0.2, -0.15) is 0 Å². The number of hydrogen-bond acceptors (Lipinski definition) is 4. The molecule has 6 nitrogen and oxygen atoms in total. The van der Waals surface area contributed by atoms with E-state index in [-0.39, 0.29) is 11.8 Å². The van der Waals surface area contributed by atoms with Crippen LogP contribution in [0.4, 0.5) is 0 Å². The first-order valence-electron chi connectivity index (χ1n) is 9.59. The zero-order valence-electron chi connectivity index (χ0n) is 16.0. The van der Waals surface area contributed by atoms with E-state index in [0.29, 0.717) is 43.9 Å². The van der Waals surface area contributed by atoms with E-state index < -0.39 is 0 Å². The van der Waals surface area contributed by atoms with Crippen LogP contribution in [0.5, 0.6) is 5.75 Å². The minimum atomic E-state index is -0.0671. The Morgan fingerprint density at radius 1 is 0.828 bits per heavy atom. The fraction of sp³-hybridized carbons (Fsp3) is 0.217. The summed E-state index contributed by atoms with van der Waals surface area (Å²) in [7, 11) is 0. The molecule has 1 saturated heterocycles. The number of carbonyl (C=O) groups excluding carboxylic acids is 2. The number of hydrogen-bond donors (Lipinski definition) is 0. The predicted octanol–water partition coefficient (Wildman–Crippen LogP) is 3.46. The first kappa shape index (κ1) is 18.8. The number of rotatable bonds is 5. The maximum atomic E-state index is 13.1. The van der Waals surface area contributed by atoms with Crippen molar-refractivity contribution in [2.75, 3.05) is 26.2 Å². The average Bonchev–Trinajstić information content (AvgIpc) is 3.33. The van der Waals surface area contributed by atoms with Gasteiger partial charge in [-0.05, 0) is 24.3 Å². The van der Waals surface area contributed by atoms with Gasteiger partial charge in [0.2, 0.25) is 0 Å². The maximum Gasteiger partial charge on any atom is 0.257 e. The second-order valence-electron chi connectivity index (χ2n) is 6.86. The van der Waals surface area contributed by atoms with Crippen LogP contribution in [0.3, 0.4) is 0 Å². The summed E-state index contributed by atoms with van der Waals surface area (Å²) in [6.45, 7) is 2.31. The third kappa shape index (κ3) is 4.32. The van der Waals surface area contributed by atoms with Gasteiger partial charge in [0.05, 0.1) is 11.8 Å². The van der Waals surface area contributed by atoms with E-state index in [2.05, 4.69) is 0 Å². The minimum Gasteiger partial charge on any atom is -0.489 e. The molecule has 2 heterocycles. The molecule has 0 bridgehead atoms. The quantitative estimate of drug-likeness (QED) is 0.669. The van der Waals surface area contributed by atoms with Gasteiger partial charge in [0.25, 0.3) is 11.8 Å². The van der Waals surface area contributed by atoms with Crippen LogP contribution in [-0.4, -0.2) is 47.8 Å². The fourth-order valence-corrected chi connectivity index (χ4v) is 3.38. The molecule has 0 atom stereocenters. The lowest BCUT2D eigenvalue weighted by Crippen LogP contribution is -2.50. The molecule has 0 radical (unpaired) electrons. The first-order valence-corrected chi connectivity index (χ1v) is 9.59. The Balaban J connectivity index is 1.39. The summed E-state index contributed by atoms with van der Waals surface area (Å²) in [5.41, 5.74) is 2.02. The highest BCUT2D eigenvalue weighted by Crippen LogP contribution is 2.18. The molecular formula is C23H22N2O4. The van der Waals surface area contributed by atoms with Crippen molar-refractivity contribution in [3.8, 4) is 5.75 Å². The van der Waals surface area contributed by atoms with Crippen molar-refractivity contribution in [1.29, 1.82) is 0 Å². The fourth-order valence-electron chi connectivity index (χ4n) is 3.38. The van der Waals surface area contributed by atoms with Crippen LogP contribution in [-0.2, 0) is 6.61 Å². The molecule has 0 unspecified atom stereocenters. The van der Waals surface area contributed by atoms with E-state index in [9.17, 15) is 9.59 Å². The Bertz CT molecular complexity index is 962. The Morgan fingerprint density at radius 2 is 1.48 bits per heavy atom. The largest absolute Gasteiger partial charge is 0.489 e. The summed E-state index contributed by atoms with van der Waals surface area (Å²) < 4.78 is 10.8. The summed E-state index contributed by atoms with van der Waals surface area (Å²) in [5.74, 6) is 0.663. The molecule has 29 heavy (non-hydrogen) atoms. The molecule has 4 rings (SSSR count). The highest BCUT2D eigenvalue weighted by Gasteiger charge is 2.26. The van der Waals surface area contributed by atoms with Crippen LogP contribution in [0.1, 0.15) is 26.3 Å². The van der Waals surface area contributed by atoms with Crippen molar-refractivity contribution in [3.05, 3.63) is 89.9 Å². The number of nitrogens with zero attached hydrogens (tertiary/aromatic N) is 2. The molecule has 1 aliphatic heterocycles. The van der Waals surface area contributed by atoms with Gasteiger partial charge in [-0.1, -0.05) is 36.4 Å². The van der Waals surface area contributed by atoms with Crippen molar-refractivity contribution in [2.24, 2.45) is 0 Å². The van der Waals surface area contributed by atoms with Gasteiger partial charge in [0.15, 0.2) is 0 Å². The molecule has 0 N–H and O–H groups in total. The third-order valence-electron chi connectivity index (χ3n) is 5.01. The molecule has 0 spiro atoms. The summed E-state index contributed by atoms with van der Waals surface area (Å²) in [6.07, 6.45) is 2.93. The van der Waals surface area contributed by atoms with Crippen LogP contribution in [0.2, 0.25) is 0 Å². The van der Waals surface area contributed by atoms with E-state index in [1.165, 1.54) is 12.5 Å². The van der Waals surface area contributed by atoms with E-state index in [1.807, 2.05) is 54.6 Å². The summed E-state index contributed by atoms with van der Waals surface area (Å²) in [6, 6.07) is 18.7. The number of piperazine rings is 1. The Labute approximate surface area is 169 Å². The third-order valence-corrected chi connectivity index (χ3v) is 5.01. The molecule has 148 valence electrons.